The van der Waals surface area contributed by atoms with Crippen molar-refractivity contribution < 1.29 is 13.2 Å². The van der Waals surface area contributed by atoms with Crippen molar-refractivity contribution in [1.82, 2.24) is 4.98 Å². The van der Waals surface area contributed by atoms with Crippen LogP contribution in [-0.4, -0.2) is 19.3 Å². The Bertz CT molecular complexity index is 1410. The quantitative estimate of drug-likeness (QED) is 0.503. The van der Waals surface area contributed by atoms with Crippen molar-refractivity contribution in [3.05, 3.63) is 71.1 Å². The van der Waals surface area contributed by atoms with E-state index in [1.54, 1.807) is 24.3 Å². The summed E-state index contributed by atoms with van der Waals surface area (Å²) in [5.41, 5.74) is 3.85. The van der Waals surface area contributed by atoms with Gasteiger partial charge in [0.05, 0.1) is 10.6 Å². The van der Waals surface area contributed by atoms with E-state index in [1.807, 2.05) is 36.6 Å². The highest BCUT2D eigenvalue weighted by Crippen LogP contribution is 2.37. The predicted octanol–water partition coefficient (Wildman–Crippen LogP) is 4.64. The second-order valence-corrected chi connectivity index (χ2v) is 9.32. The molecule has 0 aliphatic carbocycles. The number of nitrogens with one attached hydrogen (secondary N) is 2. The van der Waals surface area contributed by atoms with Crippen molar-refractivity contribution >= 4 is 48.9 Å². The van der Waals surface area contributed by atoms with E-state index in [-0.39, 0.29) is 10.8 Å². The minimum Gasteiger partial charge on any atom is -0.321 e. The van der Waals surface area contributed by atoms with Crippen molar-refractivity contribution in [3.63, 3.8) is 0 Å². The number of aromatic nitrogens is 1. The van der Waals surface area contributed by atoms with E-state index >= 15 is 0 Å². The molecule has 0 fully saturated rings. The summed E-state index contributed by atoms with van der Waals surface area (Å²) >= 11 is 1.23. The Hall–Kier alpha value is -3.23. The van der Waals surface area contributed by atoms with Gasteiger partial charge >= 0.3 is 0 Å². The largest absolute Gasteiger partial charge is 0.321 e. The molecule has 1 aliphatic heterocycles. The molecular weight excluding hydrogens is 406 g/mol. The highest BCUT2D eigenvalue weighted by molar-refractivity contribution is 7.93. The Kier molecular flexibility index (Phi) is 3.94. The van der Waals surface area contributed by atoms with Gasteiger partial charge in [0, 0.05) is 33.0 Å². The summed E-state index contributed by atoms with van der Waals surface area (Å²) in [6, 6.07) is 16.1. The van der Waals surface area contributed by atoms with Gasteiger partial charge in [0.1, 0.15) is 0 Å². The fourth-order valence-electron chi connectivity index (χ4n) is 3.52. The van der Waals surface area contributed by atoms with Crippen molar-refractivity contribution in [3.8, 4) is 11.3 Å². The van der Waals surface area contributed by atoms with Crippen LogP contribution in [0.4, 0.5) is 10.8 Å². The zero-order valence-corrected chi connectivity index (χ0v) is 16.9. The molecule has 0 radical (unpaired) electrons. The molecule has 0 atom stereocenters. The number of carbonyl (C=O) groups is 1. The number of hydrogen-bond donors (Lipinski definition) is 2. The number of thiazole rings is 1. The molecule has 0 spiro atoms. The fourth-order valence-corrected chi connectivity index (χ4v) is 5.70. The van der Waals surface area contributed by atoms with Gasteiger partial charge in [0.25, 0.3) is 15.9 Å². The maximum atomic E-state index is 13.1. The fraction of sp³-hybridized carbons (Fsp3) is 0.0476. The van der Waals surface area contributed by atoms with Gasteiger partial charge in [0.15, 0.2) is 5.13 Å². The van der Waals surface area contributed by atoms with E-state index in [2.05, 4.69) is 15.0 Å². The lowest BCUT2D eigenvalue weighted by atomic mass is 10.1. The Labute approximate surface area is 171 Å². The van der Waals surface area contributed by atoms with Gasteiger partial charge in [-0.1, -0.05) is 35.9 Å². The first kappa shape index (κ1) is 17.8. The lowest BCUT2D eigenvalue weighted by Gasteiger charge is -2.09. The van der Waals surface area contributed by atoms with E-state index < -0.39 is 10.0 Å². The van der Waals surface area contributed by atoms with Crippen LogP contribution in [0.2, 0.25) is 0 Å². The normalized spacial score (nSPS) is 12.9. The van der Waals surface area contributed by atoms with Crippen LogP contribution < -0.4 is 10.0 Å². The Morgan fingerprint density at radius 1 is 1.07 bits per heavy atom. The van der Waals surface area contributed by atoms with Gasteiger partial charge in [-0.25, -0.2) is 13.4 Å². The molecule has 29 heavy (non-hydrogen) atoms. The van der Waals surface area contributed by atoms with Gasteiger partial charge in [-0.2, -0.15) is 0 Å². The summed E-state index contributed by atoms with van der Waals surface area (Å²) in [5.74, 6) is -0.226. The topological polar surface area (TPSA) is 88.2 Å². The SMILES string of the molecule is Cc1cccc(-c2csc(NS(=O)(=O)c3ccc4c5c(cccc35)C(=O)N4)n2)c1. The molecule has 2 heterocycles. The van der Waals surface area contributed by atoms with E-state index in [0.29, 0.717) is 32.8 Å². The van der Waals surface area contributed by atoms with Gasteiger partial charge in [0.2, 0.25) is 0 Å². The van der Waals surface area contributed by atoms with Crippen molar-refractivity contribution in [2.45, 2.75) is 11.8 Å². The summed E-state index contributed by atoms with van der Waals surface area (Å²) in [6.45, 7) is 1.99. The third-order valence-electron chi connectivity index (χ3n) is 4.82. The van der Waals surface area contributed by atoms with Crippen molar-refractivity contribution in [1.29, 1.82) is 0 Å². The average molecular weight is 422 g/mol. The van der Waals surface area contributed by atoms with Crippen LogP contribution in [0.15, 0.2) is 64.9 Å². The van der Waals surface area contributed by atoms with E-state index in [0.717, 1.165) is 11.1 Å². The van der Waals surface area contributed by atoms with Crippen LogP contribution in [-0.2, 0) is 10.0 Å². The first-order valence-electron chi connectivity index (χ1n) is 8.85. The smallest absolute Gasteiger partial charge is 0.264 e. The highest BCUT2D eigenvalue weighted by atomic mass is 32.2. The number of benzene rings is 3. The minimum atomic E-state index is -3.88. The molecule has 144 valence electrons. The van der Waals surface area contributed by atoms with Gasteiger partial charge in [-0.05, 0) is 31.2 Å². The maximum Gasteiger partial charge on any atom is 0.264 e. The molecule has 1 aliphatic rings. The lowest BCUT2D eigenvalue weighted by Crippen LogP contribution is -2.13. The Morgan fingerprint density at radius 3 is 2.72 bits per heavy atom. The number of rotatable bonds is 4. The number of nitrogens with zero attached hydrogens (tertiary/aromatic N) is 1. The van der Waals surface area contributed by atoms with Gasteiger partial charge in [-0.15, -0.1) is 11.3 Å². The molecule has 1 amide bonds. The molecule has 5 rings (SSSR count). The summed E-state index contributed by atoms with van der Waals surface area (Å²) in [7, 11) is -3.88. The third-order valence-corrected chi connectivity index (χ3v) is 7.11. The average Bonchev–Trinajstić information content (AvgIpc) is 3.27. The second-order valence-electron chi connectivity index (χ2n) is 6.81. The number of hydrogen-bond acceptors (Lipinski definition) is 5. The molecule has 1 aromatic heterocycles. The van der Waals surface area contributed by atoms with E-state index in [9.17, 15) is 13.2 Å². The standard InChI is InChI=1S/C21H15N3O3S2/c1-12-4-2-5-13(10-12)17-11-28-21(23-17)24-29(26,27)18-9-8-16-19-14(18)6-3-7-15(19)20(25)22-16/h2-11H,1H3,(H,22,25)(H,23,24). The number of anilines is 2. The number of aryl methyl sites for hydroxylation is 1. The number of amides is 1. The van der Waals surface area contributed by atoms with Crippen LogP contribution >= 0.6 is 11.3 Å². The Balaban J connectivity index is 1.54. The van der Waals surface area contributed by atoms with Crippen molar-refractivity contribution in [2.75, 3.05) is 10.0 Å². The number of carbonyl (C=O) groups excluding carboxylic acids is 1. The molecule has 0 saturated carbocycles. The second kappa shape index (κ2) is 6.40. The van der Waals surface area contributed by atoms with Crippen LogP contribution in [0.5, 0.6) is 0 Å². The van der Waals surface area contributed by atoms with Crippen LogP contribution in [0.25, 0.3) is 22.0 Å². The summed E-state index contributed by atoms with van der Waals surface area (Å²) in [4.78, 5) is 16.6. The minimum absolute atomic E-state index is 0.113. The van der Waals surface area contributed by atoms with Crippen LogP contribution in [0, 0.1) is 6.92 Å². The molecule has 0 unspecified atom stereocenters. The predicted molar refractivity (Wildman–Crippen MR) is 115 cm³/mol. The highest BCUT2D eigenvalue weighted by Gasteiger charge is 2.26. The van der Waals surface area contributed by atoms with E-state index in [1.165, 1.54) is 17.4 Å². The summed E-state index contributed by atoms with van der Waals surface area (Å²) in [6.07, 6.45) is 0. The summed E-state index contributed by atoms with van der Waals surface area (Å²) in [5, 5.41) is 6.00. The van der Waals surface area contributed by atoms with Gasteiger partial charge < -0.3 is 5.32 Å². The van der Waals surface area contributed by atoms with E-state index in [4.69, 9.17) is 0 Å². The van der Waals surface area contributed by atoms with Crippen molar-refractivity contribution in [2.24, 2.45) is 0 Å². The molecule has 6 nitrogen and oxygen atoms in total. The van der Waals surface area contributed by atoms with Crippen LogP contribution in [0.3, 0.4) is 0 Å². The Morgan fingerprint density at radius 2 is 1.90 bits per heavy atom. The summed E-state index contributed by atoms with van der Waals surface area (Å²) < 4.78 is 28.8. The lowest BCUT2D eigenvalue weighted by molar-refractivity contribution is 0.103. The number of sulfonamides is 1. The molecule has 0 saturated heterocycles. The first-order valence-corrected chi connectivity index (χ1v) is 11.2. The molecular formula is C21H15N3O3S2. The molecule has 8 heteroatoms. The molecule has 4 aromatic rings. The third kappa shape index (κ3) is 2.97. The zero-order chi connectivity index (χ0) is 20.2. The molecule has 0 bridgehead atoms. The first-order chi connectivity index (χ1) is 13.9. The maximum absolute atomic E-state index is 13.1. The molecule has 2 N–H and O–H groups in total. The zero-order valence-electron chi connectivity index (χ0n) is 15.3. The monoisotopic (exact) mass is 421 g/mol. The van der Waals surface area contributed by atoms with Gasteiger partial charge in [-0.3, -0.25) is 9.52 Å². The molecule has 3 aromatic carbocycles. The van der Waals surface area contributed by atoms with Crippen LogP contribution in [0.1, 0.15) is 15.9 Å².